The Bertz CT molecular complexity index is 775. The second kappa shape index (κ2) is 6.85. The zero-order chi connectivity index (χ0) is 16.4. The molecule has 1 N–H and O–H groups in total. The molecule has 0 fully saturated rings. The minimum atomic E-state index is -0.918. The number of hydrogen-bond acceptors (Lipinski definition) is 2. The van der Waals surface area contributed by atoms with Crippen molar-refractivity contribution in [3.8, 4) is 0 Å². The molecule has 0 radical (unpaired) electrons. The summed E-state index contributed by atoms with van der Waals surface area (Å²) in [5, 5.41) is 3.83. The van der Waals surface area contributed by atoms with Crippen LogP contribution in [-0.2, 0) is 23.0 Å². The second-order valence-electron chi connectivity index (χ2n) is 5.83. The van der Waals surface area contributed by atoms with Crippen molar-refractivity contribution in [1.29, 1.82) is 0 Å². The van der Waals surface area contributed by atoms with E-state index >= 15 is 0 Å². The molecule has 1 aliphatic carbocycles. The van der Waals surface area contributed by atoms with Crippen molar-refractivity contribution >= 4 is 28.3 Å². The molecule has 5 heteroatoms. The summed E-state index contributed by atoms with van der Waals surface area (Å²) in [6, 6.07) is 13.2. The van der Waals surface area contributed by atoms with E-state index < -0.39 is 10.8 Å². The first kappa shape index (κ1) is 16.2. The molecule has 2 aromatic carbocycles. The van der Waals surface area contributed by atoms with Gasteiger partial charge in [0.05, 0.1) is 6.04 Å². The lowest BCUT2D eigenvalue weighted by Gasteiger charge is -2.14. The molecule has 0 aliphatic heterocycles. The van der Waals surface area contributed by atoms with E-state index in [9.17, 15) is 9.00 Å². The van der Waals surface area contributed by atoms with Crippen LogP contribution in [0.4, 0.5) is 0 Å². The quantitative estimate of drug-likeness (QED) is 0.917. The predicted molar refractivity (Wildman–Crippen MR) is 94.2 cm³/mol. The van der Waals surface area contributed by atoms with Gasteiger partial charge in [-0.3, -0.25) is 9.00 Å². The van der Waals surface area contributed by atoms with Gasteiger partial charge in [0, 0.05) is 33.4 Å². The summed E-state index contributed by atoms with van der Waals surface area (Å²) >= 11 is 6.02. The van der Waals surface area contributed by atoms with Gasteiger partial charge in [0.15, 0.2) is 0 Å². The maximum absolute atomic E-state index is 12.5. The molecule has 120 valence electrons. The molecule has 23 heavy (non-hydrogen) atoms. The topological polar surface area (TPSA) is 46.2 Å². The number of benzene rings is 2. The highest BCUT2D eigenvalue weighted by Gasteiger charge is 2.24. The average molecular weight is 348 g/mol. The van der Waals surface area contributed by atoms with E-state index in [2.05, 4.69) is 5.32 Å². The molecular weight excluding hydrogens is 330 g/mol. The SMILES string of the molecule is CS(=O)Cc1cccc(C(=O)NC2CCc3cc(Cl)ccc32)c1. The maximum atomic E-state index is 12.5. The van der Waals surface area contributed by atoms with Crippen molar-refractivity contribution < 1.29 is 9.00 Å². The van der Waals surface area contributed by atoms with Crippen molar-refractivity contribution in [2.75, 3.05) is 6.26 Å². The number of halogens is 1. The smallest absolute Gasteiger partial charge is 0.251 e. The first-order chi connectivity index (χ1) is 11.0. The van der Waals surface area contributed by atoms with Crippen LogP contribution in [0.1, 0.15) is 39.5 Å². The number of fused-ring (bicyclic) bond motifs is 1. The average Bonchev–Trinajstić information content (AvgIpc) is 2.89. The van der Waals surface area contributed by atoms with Gasteiger partial charge in [-0.25, -0.2) is 0 Å². The second-order valence-corrected chi connectivity index (χ2v) is 7.70. The van der Waals surface area contributed by atoms with Crippen molar-refractivity contribution in [1.82, 2.24) is 5.32 Å². The predicted octanol–water partition coefficient (Wildman–Crippen LogP) is 3.64. The number of hydrogen-bond donors (Lipinski definition) is 1. The van der Waals surface area contributed by atoms with Gasteiger partial charge < -0.3 is 5.32 Å². The molecule has 0 saturated heterocycles. The van der Waals surface area contributed by atoms with Crippen LogP contribution < -0.4 is 5.32 Å². The number of aryl methyl sites for hydroxylation is 1. The van der Waals surface area contributed by atoms with E-state index in [1.54, 1.807) is 12.3 Å². The fourth-order valence-electron chi connectivity index (χ4n) is 3.01. The zero-order valence-corrected chi connectivity index (χ0v) is 14.4. The number of amides is 1. The van der Waals surface area contributed by atoms with Gasteiger partial charge in [-0.1, -0.05) is 29.8 Å². The van der Waals surface area contributed by atoms with Gasteiger partial charge in [0.1, 0.15) is 0 Å². The Balaban J connectivity index is 1.75. The van der Waals surface area contributed by atoms with Crippen LogP contribution in [0.5, 0.6) is 0 Å². The summed E-state index contributed by atoms with van der Waals surface area (Å²) in [5.41, 5.74) is 3.87. The third-order valence-corrected chi connectivity index (χ3v) is 5.02. The number of nitrogens with one attached hydrogen (secondary N) is 1. The summed E-state index contributed by atoms with van der Waals surface area (Å²) in [4.78, 5) is 12.5. The highest BCUT2D eigenvalue weighted by molar-refractivity contribution is 7.83. The van der Waals surface area contributed by atoms with Crippen LogP contribution >= 0.6 is 11.6 Å². The molecule has 3 rings (SSSR count). The molecule has 1 aliphatic rings. The maximum Gasteiger partial charge on any atom is 0.251 e. The molecule has 1 amide bonds. The van der Waals surface area contributed by atoms with Crippen LogP contribution in [0.25, 0.3) is 0 Å². The number of carbonyl (C=O) groups excluding carboxylic acids is 1. The van der Waals surface area contributed by atoms with Gasteiger partial charge in [-0.15, -0.1) is 0 Å². The summed E-state index contributed by atoms with van der Waals surface area (Å²) in [7, 11) is -0.918. The molecule has 2 unspecified atom stereocenters. The molecule has 0 saturated carbocycles. The molecule has 0 spiro atoms. The molecule has 2 aromatic rings. The number of rotatable bonds is 4. The summed E-state index contributed by atoms with van der Waals surface area (Å²) in [5.74, 6) is 0.368. The first-order valence-electron chi connectivity index (χ1n) is 7.51. The zero-order valence-electron chi connectivity index (χ0n) is 12.8. The monoisotopic (exact) mass is 347 g/mol. The van der Waals surface area contributed by atoms with Gasteiger partial charge in [-0.05, 0) is 53.8 Å². The third kappa shape index (κ3) is 3.82. The molecule has 3 nitrogen and oxygen atoms in total. The molecule has 2 atom stereocenters. The van der Waals surface area contributed by atoms with E-state index in [0.29, 0.717) is 11.3 Å². The molecule has 0 heterocycles. The highest BCUT2D eigenvalue weighted by Crippen LogP contribution is 2.33. The molecule has 0 bridgehead atoms. The van der Waals surface area contributed by atoms with Crippen LogP contribution in [0.2, 0.25) is 5.02 Å². The van der Waals surface area contributed by atoms with Gasteiger partial charge in [0.25, 0.3) is 5.91 Å². The van der Waals surface area contributed by atoms with E-state index in [0.717, 1.165) is 29.0 Å². The fraction of sp³-hybridized carbons (Fsp3) is 0.278. The lowest BCUT2D eigenvalue weighted by atomic mass is 10.1. The minimum Gasteiger partial charge on any atom is -0.345 e. The van der Waals surface area contributed by atoms with Crippen molar-refractivity contribution in [3.63, 3.8) is 0 Å². The first-order valence-corrected chi connectivity index (χ1v) is 9.61. The van der Waals surface area contributed by atoms with Crippen molar-refractivity contribution in [3.05, 3.63) is 69.7 Å². The Morgan fingerprint density at radius 1 is 1.30 bits per heavy atom. The summed E-state index contributed by atoms with van der Waals surface area (Å²) < 4.78 is 11.3. The van der Waals surface area contributed by atoms with Gasteiger partial charge in [0.2, 0.25) is 0 Å². The fourth-order valence-corrected chi connectivity index (χ4v) is 3.86. The molecular formula is C18H18ClNO2S. The largest absolute Gasteiger partial charge is 0.345 e. The molecule has 0 aromatic heterocycles. The van der Waals surface area contributed by atoms with Crippen LogP contribution in [-0.4, -0.2) is 16.4 Å². The van der Waals surface area contributed by atoms with Gasteiger partial charge >= 0.3 is 0 Å². The lowest BCUT2D eigenvalue weighted by molar-refractivity contribution is 0.0936. The number of carbonyl (C=O) groups is 1. The van der Waals surface area contributed by atoms with Crippen molar-refractivity contribution in [2.24, 2.45) is 0 Å². The Morgan fingerprint density at radius 3 is 2.91 bits per heavy atom. The van der Waals surface area contributed by atoms with E-state index in [4.69, 9.17) is 11.6 Å². The van der Waals surface area contributed by atoms with Crippen LogP contribution in [0.15, 0.2) is 42.5 Å². The van der Waals surface area contributed by atoms with Gasteiger partial charge in [-0.2, -0.15) is 0 Å². The van der Waals surface area contributed by atoms with Crippen LogP contribution in [0, 0.1) is 0 Å². The van der Waals surface area contributed by atoms with E-state index in [1.165, 1.54) is 5.56 Å². The van der Waals surface area contributed by atoms with Crippen LogP contribution in [0.3, 0.4) is 0 Å². The Hall–Kier alpha value is -1.65. The van der Waals surface area contributed by atoms with Crippen molar-refractivity contribution in [2.45, 2.75) is 24.6 Å². The minimum absolute atomic E-state index is 0.0266. The Labute approximate surface area is 143 Å². The summed E-state index contributed by atoms with van der Waals surface area (Å²) in [6.07, 6.45) is 3.48. The standard InChI is InChI=1S/C18H18ClNO2S/c1-23(22)11-12-3-2-4-14(9-12)18(21)20-17-8-5-13-10-15(19)6-7-16(13)17/h2-4,6-7,9-10,17H,5,8,11H2,1H3,(H,20,21). The van der Waals surface area contributed by atoms with E-state index in [1.807, 2.05) is 36.4 Å². The lowest BCUT2D eigenvalue weighted by Crippen LogP contribution is -2.27. The third-order valence-electron chi connectivity index (χ3n) is 4.05. The Morgan fingerprint density at radius 2 is 2.13 bits per heavy atom. The summed E-state index contributed by atoms with van der Waals surface area (Å²) in [6.45, 7) is 0. The van der Waals surface area contributed by atoms with E-state index in [-0.39, 0.29) is 11.9 Å². The highest BCUT2D eigenvalue weighted by atomic mass is 35.5. The normalized spacial score (nSPS) is 17.6. The Kier molecular flexibility index (Phi) is 4.83.